The fraction of sp³-hybridized carbons (Fsp3) is 0.444. The van der Waals surface area contributed by atoms with Crippen molar-refractivity contribution in [3.63, 3.8) is 0 Å². The van der Waals surface area contributed by atoms with Crippen LogP contribution in [0, 0.1) is 6.92 Å². The van der Waals surface area contributed by atoms with Crippen LogP contribution in [-0.4, -0.2) is 51.7 Å². The van der Waals surface area contributed by atoms with Gasteiger partial charge in [-0.3, -0.25) is 14.4 Å². The zero-order valence-electron chi connectivity index (χ0n) is 14.5. The summed E-state index contributed by atoms with van der Waals surface area (Å²) >= 11 is 12.1. The Labute approximate surface area is 158 Å². The van der Waals surface area contributed by atoms with E-state index in [4.69, 9.17) is 23.2 Å². The highest BCUT2D eigenvalue weighted by Crippen LogP contribution is 2.23. The fourth-order valence-corrected chi connectivity index (χ4v) is 3.55. The molecule has 1 aliphatic rings. The standard InChI is InChI=1S/C18H22Cl2N4O/c1-3-24-12-14(13(2)21-24)11-22-6-8-23(9-7-22)18(25)16-5-4-15(19)10-17(16)20/h4-5,10,12H,3,6-9,11H2,1-2H3. The highest BCUT2D eigenvalue weighted by molar-refractivity contribution is 6.36. The zero-order chi connectivity index (χ0) is 18.0. The van der Waals surface area contributed by atoms with E-state index in [9.17, 15) is 4.79 Å². The Morgan fingerprint density at radius 3 is 2.52 bits per heavy atom. The molecule has 1 fully saturated rings. The Morgan fingerprint density at radius 2 is 1.92 bits per heavy atom. The van der Waals surface area contributed by atoms with E-state index in [-0.39, 0.29) is 5.91 Å². The van der Waals surface area contributed by atoms with Crippen molar-refractivity contribution in [2.24, 2.45) is 0 Å². The van der Waals surface area contributed by atoms with E-state index in [1.807, 2.05) is 16.5 Å². The summed E-state index contributed by atoms with van der Waals surface area (Å²) in [5.41, 5.74) is 2.84. The van der Waals surface area contributed by atoms with Gasteiger partial charge in [-0.25, -0.2) is 0 Å². The minimum Gasteiger partial charge on any atom is -0.336 e. The summed E-state index contributed by atoms with van der Waals surface area (Å²) in [5, 5.41) is 5.44. The summed E-state index contributed by atoms with van der Waals surface area (Å²) in [7, 11) is 0. The molecule has 0 radical (unpaired) electrons. The Balaban J connectivity index is 1.59. The number of carbonyl (C=O) groups excluding carboxylic acids is 1. The quantitative estimate of drug-likeness (QED) is 0.815. The van der Waals surface area contributed by atoms with Gasteiger partial charge in [0.25, 0.3) is 5.91 Å². The summed E-state index contributed by atoms with van der Waals surface area (Å²) in [5.74, 6) is -0.0312. The number of aromatic nitrogens is 2. The molecule has 1 amide bonds. The molecule has 0 atom stereocenters. The van der Waals surface area contributed by atoms with Crippen LogP contribution in [0.3, 0.4) is 0 Å². The number of carbonyl (C=O) groups is 1. The van der Waals surface area contributed by atoms with Crippen LogP contribution in [0.2, 0.25) is 10.0 Å². The first-order chi connectivity index (χ1) is 12.0. The molecule has 0 aliphatic carbocycles. The number of piperazine rings is 1. The average molecular weight is 381 g/mol. The lowest BCUT2D eigenvalue weighted by molar-refractivity contribution is 0.0628. The Kier molecular flexibility index (Phi) is 5.67. The third-order valence-electron chi connectivity index (χ3n) is 4.59. The minimum atomic E-state index is -0.0312. The molecule has 1 aromatic heterocycles. The number of amides is 1. The number of halogens is 2. The van der Waals surface area contributed by atoms with Crippen LogP contribution in [-0.2, 0) is 13.1 Å². The highest BCUT2D eigenvalue weighted by Gasteiger charge is 2.24. The van der Waals surface area contributed by atoms with Crippen molar-refractivity contribution in [1.82, 2.24) is 19.6 Å². The molecule has 1 saturated heterocycles. The molecule has 0 spiro atoms. The third kappa shape index (κ3) is 4.17. The van der Waals surface area contributed by atoms with Crippen molar-refractivity contribution in [3.8, 4) is 0 Å². The van der Waals surface area contributed by atoms with Crippen LogP contribution in [0.1, 0.15) is 28.5 Å². The summed E-state index contributed by atoms with van der Waals surface area (Å²) in [6.07, 6.45) is 2.11. The Bertz CT molecular complexity index is 766. The molecule has 25 heavy (non-hydrogen) atoms. The molecule has 2 heterocycles. The number of aryl methyl sites for hydroxylation is 2. The van der Waals surface area contributed by atoms with Crippen molar-refractivity contribution in [3.05, 3.63) is 51.3 Å². The maximum absolute atomic E-state index is 12.7. The molecule has 0 unspecified atom stereocenters. The first kappa shape index (κ1) is 18.2. The summed E-state index contributed by atoms with van der Waals surface area (Å²) < 4.78 is 1.97. The molecule has 5 nitrogen and oxygen atoms in total. The molecule has 2 aromatic rings. The molecule has 1 aromatic carbocycles. The highest BCUT2D eigenvalue weighted by atomic mass is 35.5. The topological polar surface area (TPSA) is 41.4 Å². The van der Waals surface area contributed by atoms with Gasteiger partial charge in [0.2, 0.25) is 0 Å². The second kappa shape index (κ2) is 7.77. The lowest BCUT2D eigenvalue weighted by Gasteiger charge is -2.34. The van der Waals surface area contributed by atoms with Gasteiger partial charge in [0.05, 0.1) is 16.3 Å². The maximum Gasteiger partial charge on any atom is 0.255 e. The number of hydrogen-bond acceptors (Lipinski definition) is 3. The SMILES string of the molecule is CCn1cc(CN2CCN(C(=O)c3ccc(Cl)cc3Cl)CC2)c(C)n1. The van der Waals surface area contributed by atoms with Crippen LogP contribution >= 0.6 is 23.2 Å². The molecule has 7 heteroatoms. The first-order valence-corrected chi connectivity index (χ1v) is 9.23. The molecule has 0 N–H and O–H groups in total. The molecule has 3 rings (SSSR count). The van der Waals surface area contributed by atoms with Crippen molar-refractivity contribution >= 4 is 29.1 Å². The van der Waals surface area contributed by atoms with E-state index < -0.39 is 0 Å². The lowest BCUT2D eigenvalue weighted by atomic mass is 10.1. The average Bonchev–Trinajstić information content (AvgIpc) is 2.95. The molecule has 0 bridgehead atoms. The van der Waals surface area contributed by atoms with Crippen molar-refractivity contribution in [1.29, 1.82) is 0 Å². The van der Waals surface area contributed by atoms with Gasteiger partial charge in [-0.2, -0.15) is 5.10 Å². The minimum absolute atomic E-state index is 0.0312. The van der Waals surface area contributed by atoms with E-state index in [2.05, 4.69) is 23.1 Å². The molecule has 0 saturated carbocycles. The largest absolute Gasteiger partial charge is 0.336 e. The fourth-order valence-electron chi connectivity index (χ4n) is 3.06. The lowest BCUT2D eigenvalue weighted by Crippen LogP contribution is -2.48. The second-order valence-electron chi connectivity index (χ2n) is 6.29. The van der Waals surface area contributed by atoms with Crippen LogP contribution in [0.25, 0.3) is 0 Å². The Morgan fingerprint density at radius 1 is 1.20 bits per heavy atom. The number of hydrogen-bond donors (Lipinski definition) is 0. The number of nitrogens with zero attached hydrogens (tertiary/aromatic N) is 4. The smallest absolute Gasteiger partial charge is 0.255 e. The molecular weight excluding hydrogens is 359 g/mol. The molecular formula is C18H22Cl2N4O. The van der Waals surface area contributed by atoms with Crippen molar-refractivity contribution in [2.75, 3.05) is 26.2 Å². The van der Waals surface area contributed by atoms with Gasteiger partial charge in [-0.1, -0.05) is 23.2 Å². The van der Waals surface area contributed by atoms with Crippen LogP contribution in [0.15, 0.2) is 24.4 Å². The maximum atomic E-state index is 12.7. The van der Waals surface area contributed by atoms with E-state index in [0.29, 0.717) is 28.7 Å². The number of benzene rings is 1. The summed E-state index contributed by atoms with van der Waals surface area (Å²) in [6, 6.07) is 5.01. The van der Waals surface area contributed by atoms with Gasteiger partial charge in [0.15, 0.2) is 0 Å². The predicted molar refractivity (Wildman–Crippen MR) is 100 cm³/mol. The third-order valence-corrected chi connectivity index (χ3v) is 5.13. The van der Waals surface area contributed by atoms with Crippen LogP contribution < -0.4 is 0 Å². The van der Waals surface area contributed by atoms with Crippen LogP contribution in [0.5, 0.6) is 0 Å². The second-order valence-corrected chi connectivity index (χ2v) is 7.13. The summed E-state index contributed by atoms with van der Waals surface area (Å²) in [4.78, 5) is 16.9. The van der Waals surface area contributed by atoms with E-state index in [1.165, 1.54) is 5.56 Å². The van der Waals surface area contributed by atoms with E-state index >= 15 is 0 Å². The van der Waals surface area contributed by atoms with Gasteiger partial charge in [-0.05, 0) is 32.0 Å². The van der Waals surface area contributed by atoms with Crippen molar-refractivity contribution < 1.29 is 4.79 Å². The van der Waals surface area contributed by atoms with E-state index in [1.54, 1.807) is 18.2 Å². The first-order valence-electron chi connectivity index (χ1n) is 8.47. The van der Waals surface area contributed by atoms with Gasteiger partial charge in [0.1, 0.15) is 0 Å². The molecule has 1 aliphatic heterocycles. The number of rotatable bonds is 4. The van der Waals surface area contributed by atoms with Crippen molar-refractivity contribution in [2.45, 2.75) is 26.9 Å². The van der Waals surface area contributed by atoms with Gasteiger partial charge in [0, 0.05) is 56.1 Å². The normalized spacial score (nSPS) is 15.6. The van der Waals surface area contributed by atoms with Gasteiger partial charge >= 0.3 is 0 Å². The van der Waals surface area contributed by atoms with Gasteiger partial charge in [-0.15, -0.1) is 0 Å². The summed E-state index contributed by atoms with van der Waals surface area (Å²) in [6.45, 7) is 8.95. The van der Waals surface area contributed by atoms with E-state index in [0.717, 1.165) is 31.9 Å². The zero-order valence-corrected chi connectivity index (χ0v) is 16.0. The Hall–Kier alpha value is -1.56. The monoisotopic (exact) mass is 380 g/mol. The van der Waals surface area contributed by atoms with Crippen LogP contribution in [0.4, 0.5) is 0 Å². The predicted octanol–water partition coefficient (Wildman–Crippen LogP) is 3.48. The molecule has 134 valence electrons. The van der Waals surface area contributed by atoms with Gasteiger partial charge < -0.3 is 4.90 Å².